The van der Waals surface area contributed by atoms with E-state index in [-0.39, 0.29) is 5.91 Å². The highest BCUT2D eigenvalue weighted by molar-refractivity contribution is 6.04. The van der Waals surface area contributed by atoms with E-state index in [1.165, 1.54) is 11.1 Å². The largest absolute Gasteiger partial charge is 0.367 e. The van der Waals surface area contributed by atoms with Gasteiger partial charge in [-0.3, -0.25) is 9.48 Å². The van der Waals surface area contributed by atoms with Gasteiger partial charge in [0.25, 0.3) is 0 Å². The molecule has 0 unspecified atom stereocenters. The van der Waals surface area contributed by atoms with Crippen LogP contribution in [0.15, 0.2) is 54.6 Å². The minimum atomic E-state index is -0.137. The van der Waals surface area contributed by atoms with Crippen molar-refractivity contribution in [1.29, 1.82) is 0 Å². The van der Waals surface area contributed by atoms with E-state index in [9.17, 15) is 4.79 Å². The number of anilines is 2. The molecule has 1 saturated heterocycles. The molecule has 2 heterocycles. The first-order valence-electron chi connectivity index (χ1n) is 11.5. The smallest absolute Gasteiger partial charge is 0.248 e. The molecule has 0 radical (unpaired) electrons. The first-order valence-corrected chi connectivity index (χ1v) is 11.5. The number of aromatic nitrogens is 2. The topological polar surface area (TPSA) is 53.4 Å². The molecule has 33 heavy (non-hydrogen) atoms. The molecule has 0 spiro atoms. The summed E-state index contributed by atoms with van der Waals surface area (Å²) in [6.45, 7) is 10.8. The number of carbonyl (C=O) groups is 1. The number of benzene rings is 2. The quantitative estimate of drug-likeness (QED) is 0.579. The summed E-state index contributed by atoms with van der Waals surface area (Å²) in [7, 11) is 2.14. The van der Waals surface area contributed by atoms with Crippen LogP contribution in [0.3, 0.4) is 0 Å². The zero-order chi connectivity index (χ0) is 23.4. The van der Waals surface area contributed by atoms with Crippen molar-refractivity contribution in [2.75, 3.05) is 43.4 Å². The minimum absolute atomic E-state index is 0.137. The van der Waals surface area contributed by atoms with Gasteiger partial charge in [0.1, 0.15) is 0 Å². The first-order chi connectivity index (χ1) is 15.9. The number of hydrogen-bond acceptors (Lipinski definition) is 4. The van der Waals surface area contributed by atoms with Gasteiger partial charge in [-0.2, -0.15) is 5.10 Å². The lowest BCUT2D eigenvalue weighted by molar-refractivity contribution is -0.111. The van der Waals surface area contributed by atoms with Crippen molar-refractivity contribution in [2.45, 2.75) is 27.3 Å². The van der Waals surface area contributed by atoms with Crippen LogP contribution in [0.25, 0.3) is 6.08 Å². The Kier molecular flexibility index (Phi) is 6.94. The number of nitrogens with one attached hydrogen (secondary N) is 1. The van der Waals surface area contributed by atoms with Gasteiger partial charge >= 0.3 is 0 Å². The van der Waals surface area contributed by atoms with E-state index >= 15 is 0 Å². The van der Waals surface area contributed by atoms with Gasteiger partial charge in [0.2, 0.25) is 5.91 Å². The number of likely N-dealkylation sites (N-methyl/N-ethyl adjacent to an activating group) is 1. The fourth-order valence-corrected chi connectivity index (χ4v) is 4.21. The number of nitrogens with zero attached hydrogens (tertiary/aromatic N) is 4. The Hall–Kier alpha value is -3.38. The molecule has 1 fully saturated rings. The van der Waals surface area contributed by atoms with Crippen LogP contribution in [-0.2, 0) is 11.3 Å². The molecule has 6 nitrogen and oxygen atoms in total. The Morgan fingerprint density at radius 3 is 2.42 bits per heavy atom. The lowest BCUT2D eigenvalue weighted by Gasteiger charge is -2.35. The lowest BCUT2D eigenvalue weighted by Crippen LogP contribution is -2.44. The standard InChI is InChI=1S/C27H33N5O/c1-20-9-11-23(12-10-20)19-32-22(3)24(21(2)29-32)13-14-27(33)28-25-7-5-6-8-26(25)31-17-15-30(4)16-18-31/h5-14H,15-19H2,1-4H3,(H,28,33)/b14-13+. The summed E-state index contributed by atoms with van der Waals surface area (Å²) in [5.41, 5.74) is 7.34. The normalized spacial score (nSPS) is 14.7. The lowest BCUT2D eigenvalue weighted by atomic mass is 10.1. The molecule has 3 aromatic rings. The predicted molar refractivity (Wildman–Crippen MR) is 136 cm³/mol. The molecule has 1 aliphatic rings. The van der Waals surface area contributed by atoms with Crippen molar-refractivity contribution >= 4 is 23.4 Å². The molecule has 1 aromatic heterocycles. The van der Waals surface area contributed by atoms with E-state index < -0.39 is 0 Å². The van der Waals surface area contributed by atoms with Gasteiger partial charge in [0.05, 0.1) is 23.6 Å². The fourth-order valence-electron chi connectivity index (χ4n) is 4.21. The van der Waals surface area contributed by atoms with Crippen LogP contribution >= 0.6 is 0 Å². The molecule has 172 valence electrons. The van der Waals surface area contributed by atoms with Gasteiger partial charge in [-0.1, -0.05) is 42.0 Å². The molecule has 1 amide bonds. The zero-order valence-electron chi connectivity index (χ0n) is 20.0. The summed E-state index contributed by atoms with van der Waals surface area (Å²) in [6.07, 6.45) is 3.48. The number of hydrogen-bond donors (Lipinski definition) is 1. The van der Waals surface area contributed by atoms with Crippen LogP contribution in [0, 0.1) is 20.8 Å². The Labute approximate surface area is 196 Å². The number of aryl methyl sites for hydroxylation is 2. The third-order valence-corrected chi connectivity index (χ3v) is 6.30. The maximum Gasteiger partial charge on any atom is 0.248 e. The van der Waals surface area contributed by atoms with Crippen molar-refractivity contribution in [3.8, 4) is 0 Å². The summed E-state index contributed by atoms with van der Waals surface area (Å²) in [6, 6.07) is 16.5. The van der Waals surface area contributed by atoms with Crippen LogP contribution in [0.4, 0.5) is 11.4 Å². The molecule has 0 bridgehead atoms. The highest BCUT2D eigenvalue weighted by Crippen LogP contribution is 2.26. The Bertz CT molecular complexity index is 1140. The third kappa shape index (κ3) is 5.52. The van der Waals surface area contributed by atoms with Crippen molar-refractivity contribution in [3.05, 3.63) is 82.7 Å². The number of piperazine rings is 1. The van der Waals surface area contributed by atoms with E-state index in [2.05, 4.69) is 66.3 Å². The zero-order valence-corrected chi connectivity index (χ0v) is 20.0. The summed E-state index contributed by atoms with van der Waals surface area (Å²) in [4.78, 5) is 17.4. The fraction of sp³-hybridized carbons (Fsp3) is 0.333. The van der Waals surface area contributed by atoms with Crippen molar-refractivity contribution in [3.63, 3.8) is 0 Å². The van der Waals surface area contributed by atoms with Gasteiger partial charge in [-0.15, -0.1) is 0 Å². The molecular weight excluding hydrogens is 410 g/mol. The summed E-state index contributed by atoms with van der Waals surface area (Å²) in [5.74, 6) is -0.137. The number of para-hydroxylation sites is 2. The number of rotatable bonds is 6. The molecule has 1 N–H and O–H groups in total. The molecule has 0 aliphatic carbocycles. The monoisotopic (exact) mass is 443 g/mol. The first kappa shape index (κ1) is 22.8. The summed E-state index contributed by atoms with van der Waals surface area (Å²) >= 11 is 0. The van der Waals surface area contributed by atoms with Crippen LogP contribution in [0.1, 0.15) is 28.1 Å². The predicted octanol–water partition coefficient (Wildman–Crippen LogP) is 4.26. The van der Waals surface area contributed by atoms with Crippen LogP contribution in [-0.4, -0.2) is 53.8 Å². The molecule has 6 heteroatoms. The molecular formula is C27H33N5O. The average Bonchev–Trinajstić information content (AvgIpc) is 3.07. The molecule has 1 aliphatic heterocycles. The minimum Gasteiger partial charge on any atom is -0.367 e. The SMILES string of the molecule is Cc1ccc(Cn2nc(C)c(/C=C/C(=O)Nc3ccccc3N3CCN(C)CC3)c2C)cc1. The van der Waals surface area contributed by atoms with Crippen molar-refractivity contribution in [1.82, 2.24) is 14.7 Å². The molecule has 0 saturated carbocycles. The second kappa shape index (κ2) is 10.0. The highest BCUT2D eigenvalue weighted by Gasteiger charge is 2.17. The second-order valence-electron chi connectivity index (χ2n) is 8.86. The Morgan fingerprint density at radius 2 is 1.70 bits per heavy atom. The van der Waals surface area contributed by atoms with Crippen molar-refractivity contribution < 1.29 is 4.79 Å². The second-order valence-corrected chi connectivity index (χ2v) is 8.86. The average molecular weight is 444 g/mol. The van der Waals surface area contributed by atoms with Crippen LogP contribution < -0.4 is 10.2 Å². The van der Waals surface area contributed by atoms with E-state index in [0.29, 0.717) is 6.54 Å². The van der Waals surface area contributed by atoms with E-state index in [4.69, 9.17) is 5.10 Å². The van der Waals surface area contributed by atoms with E-state index in [1.54, 1.807) is 6.08 Å². The van der Waals surface area contributed by atoms with Gasteiger partial charge in [-0.25, -0.2) is 0 Å². The Balaban J connectivity index is 1.45. The summed E-state index contributed by atoms with van der Waals surface area (Å²) < 4.78 is 2.00. The Morgan fingerprint density at radius 1 is 1.00 bits per heavy atom. The highest BCUT2D eigenvalue weighted by atomic mass is 16.1. The van der Waals surface area contributed by atoms with Crippen molar-refractivity contribution in [2.24, 2.45) is 0 Å². The number of carbonyl (C=O) groups excluding carboxylic acids is 1. The van der Waals surface area contributed by atoms with Gasteiger partial charge < -0.3 is 15.1 Å². The van der Waals surface area contributed by atoms with Gasteiger partial charge in [0.15, 0.2) is 0 Å². The van der Waals surface area contributed by atoms with E-state index in [1.807, 2.05) is 35.9 Å². The molecule has 0 atom stereocenters. The number of amides is 1. The van der Waals surface area contributed by atoms with E-state index in [0.717, 1.165) is 54.5 Å². The van der Waals surface area contributed by atoms with Gasteiger partial charge in [-0.05, 0) is 51.6 Å². The third-order valence-electron chi connectivity index (χ3n) is 6.30. The molecule has 4 rings (SSSR count). The molecule has 2 aromatic carbocycles. The maximum atomic E-state index is 12.8. The van der Waals surface area contributed by atoms with Crippen LogP contribution in [0.2, 0.25) is 0 Å². The van der Waals surface area contributed by atoms with Gasteiger partial charge in [0, 0.05) is 43.5 Å². The summed E-state index contributed by atoms with van der Waals surface area (Å²) in [5, 5.41) is 7.77. The maximum absolute atomic E-state index is 12.8. The van der Waals surface area contributed by atoms with Crippen LogP contribution in [0.5, 0.6) is 0 Å².